The highest BCUT2D eigenvalue weighted by molar-refractivity contribution is 5.87. The largest absolute Gasteiger partial charge is 0.497 e. The first-order chi connectivity index (χ1) is 14.1. The van der Waals surface area contributed by atoms with Crippen LogP contribution in [0.3, 0.4) is 0 Å². The molecular weight excluding hydrogens is 372 g/mol. The van der Waals surface area contributed by atoms with Gasteiger partial charge in [-0.1, -0.05) is 6.07 Å². The van der Waals surface area contributed by atoms with E-state index < -0.39 is 0 Å². The third-order valence-corrected chi connectivity index (χ3v) is 4.64. The Labute approximate surface area is 168 Å². The summed E-state index contributed by atoms with van der Waals surface area (Å²) in [7, 11) is 1.61. The van der Waals surface area contributed by atoms with Gasteiger partial charge in [0.05, 0.1) is 12.6 Å². The van der Waals surface area contributed by atoms with E-state index >= 15 is 0 Å². The molecular formula is C22H22N2O5. The standard InChI is InChI=1S/C22H22N2O5/c1-14-9-20(17-11-16(26-2)4-5-18(17)24-14)27-12-22(25)23-8-7-15-3-6-19-21(10-15)29-13-28-19/h3-6,9-11H,7-8,12-13H2,1-2H3,(H,23,25). The zero-order chi connectivity index (χ0) is 20.2. The summed E-state index contributed by atoms with van der Waals surface area (Å²) in [6, 6.07) is 13.2. The Bertz CT molecular complexity index is 1050. The van der Waals surface area contributed by atoms with E-state index in [-0.39, 0.29) is 19.3 Å². The summed E-state index contributed by atoms with van der Waals surface area (Å²) in [4.78, 5) is 16.7. The van der Waals surface area contributed by atoms with E-state index in [2.05, 4.69) is 10.3 Å². The molecule has 29 heavy (non-hydrogen) atoms. The van der Waals surface area contributed by atoms with Gasteiger partial charge in [-0.15, -0.1) is 0 Å². The molecule has 1 N–H and O–H groups in total. The maximum Gasteiger partial charge on any atom is 0.257 e. The summed E-state index contributed by atoms with van der Waals surface area (Å²) in [5.74, 6) is 2.63. The van der Waals surface area contributed by atoms with Crippen LogP contribution in [0, 0.1) is 6.92 Å². The lowest BCUT2D eigenvalue weighted by atomic mass is 10.1. The number of amides is 1. The number of nitrogens with one attached hydrogen (secondary N) is 1. The molecule has 0 spiro atoms. The van der Waals surface area contributed by atoms with Gasteiger partial charge in [0.1, 0.15) is 11.5 Å². The van der Waals surface area contributed by atoms with Crippen LogP contribution in [0.25, 0.3) is 10.9 Å². The van der Waals surface area contributed by atoms with Gasteiger partial charge in [0.2, 0.25) is 6.79 Å². The molecule has 1 amide bonds. The molecule has 2 aromatic carbocycles. The monoisotopic (exact) mass is 394 g/mol. The molecule has 2 heterocycles. The van der Waals surface area contributed by atoms with Crippen LogP contribution >= 0.6 is 0 Å². The van der Waals surface area contributed by atoms with Crippen molar-refractivity contribution < 1.29 is 23.7 Å². The molecule has 7 heteroatoms. The Balaban J connectivity index is 1.33. The van der Waals surface area contributed by atoms with Crippen LogP contribution in [0.2, 0.25) is 0 Å². The topological polar surface area (TPSA) is 78.9 Å². The summed E-state index contributed by atoms with van der Waals surface area (Å²) < 4.78 is 21.7. The first-order valence-electron chi connectivity index (χ1n) is 9.36. The number of ether oxygens (including phenoxy) is 4. The molecule has 0 bridgehead atoms. The molecule has 1 aromatic heterocycles. The zero-order valence-electron chi connectivity index (χ0n) is 16.4. The van der Waals surface area contributed by atoms with E-state index in [4.69, 9.17) is 18.9 Å². The number of carbonyl (C=O) groups excluding carboxylic acids is 1. The predicted molar refractivity (Wildman–Crippen MR) is 108 cm³/mol. The summed E-state index contributed by atoms with van der Waals surface area (Å²) in [5.41, 5.74) is 2.68. The van der Waals surface area contributed by atoms with Gasteiger partial charge in [0.25, 0.3) is 5.91 Å². The van der Waals surface area contributed by atoms with Crippen molar-refractivity contribution >= 4 is 16.8 Å². The van der Waals surface area contributed by atoms with Crippen molar-refractivity contribution in [3.8, 4) is 23.0 Å². The Kier molecular flexibility index (Phi) is 5.37. The number of hydrogen-bond acceptors (Lipinski definition) is 6. The lowest BCUT2D eigenvalue weighted by Gasteiger charge is -2.11. The third kappa shape index (κ3) is 4.34. The second-order valence-electron chi connectivity index (χ2n) is 6.72. The number of carbonyl (C=O) groups is 1. The van der Waals surface area contributed by atoms with Gasteiger partial charge < -0.3 is 24.3 Å². The number of pyridine rings is 1. The van der Waals surface area contributed by atoms with Crippen LogP contribution in [0.1, 0.15) is 11.3 Å². The maximum absolute atomic E-state index is 12.2. The van der Waals surface area contributed by atoms with Crippen molar-refractivity contribution in [1.82, 2.24) is 10.3 Å². The van der Waals surface area contributed by atoms with E-state index in [0.717, 1.165) is 33.7 Å². The van der Waals surface area contributed by atoms with Gasteiger partial charge in [-0.3, -0.25) is 9.78 Å². The minimum atomic E-state index is -0.184. The van der Waals surface area contributed by atoms with Gasteiger partial charge in [0, 0.05) is 23.7 Å². The zero-order valence-corrected chi connectivity index (χ0v) is 16.4. The van der Waals surface area contributed by atoms with Crippen molar-refractivity contribution in [3.05, 3.63) is 53.7 Å². The second kappa shape index (κ2) is 8.26. The SMILES string of the molecule is COc1ccc2nc(C)cc(OCC(=O)NCCc3ccc4c(c3)OCO4)c2c1. The molecule has 1 aliphatic rings. The average molecular weight is 394 g/mol. The van der Waals surface area contributed by atoms with Crippen LogP contribution in [-0.4, -0.2) is 37.9 Å². The fourth-order valence-corrected chi connectivity index (χ4v) is 3.18. The molecule has 7 nitrogen and oxygen atoms in total. The van der Waals surface area contributed by atoms with Gasteiger partial charge >= 0.3 is 0 Å². The Morgan fingerprint density at radius 1 is 1.14 bits per heavy atom. The molecule has 0 atom stereocenters. The number of aryl methyl sites for hydroxylation is 1. The van der Waals surface area contributed by atoms with E-state index in [1.807, 2.05) is 49.4 Å². The second-order valence-corrected chi connectivity index (χ2v) is 6.72. The maximum atomic E-state index is 12.2. The van der Waals surface area contributed by atoms with Gasteiger partial charge in [-0.25, -0.2) is 0 Å². The molecule has 0 aliphatic carbocycles. The van der Waals surface area contributed by atoms with Crippen LogP contribution in [0.5, 0.6) is 23.0 Å². The summed E-state index contributed by atoms with van der Waals surface area (Å²) in [6.07, 6.45) is 0.691. The third-order valence-electron chi connectivity index (χ3n) is 4.64. The minimum absolute atomic E-state index is 0.0725. The molecule has 3 aromatic rings. The van der Waals surface area contributed by atoms with E-state index in [9.17, 15) is 4.79 Å². The first-order valence-corrected chi connectivity index (χ1v) is 9.36. The molecule has 0 unspecified atom stereocenters. The van der Waals surface area contributed by atoms with Crippen molar-refractivity contribution in [2.45, 2.75) is 13.3 Å². The first kappa shape index (κ1) is 18.9. The Hall–Kier alpha value is -3.48. The van der Waals surface area contributed by atoms with E-state index in [0.29, 0.717) is 24.5 Å². The predicted octanol–water partition coefficient (Wildman–Crippen LogP) is 3.02. The van der Waals surface area contributed by atoms with Crippen LogP contribution < -0.4 is 24.3 Å². The number of hydrogen-bond donors (Lipinski definition) is 1. The molecule has 0 saturated carbocycles. The fraction of sp³-hybridized carbons (Fsp3) is 0.273. The molecule has 0 saturated heterocycles. The lowest BCUT2D eigenvalue weighted by molar-refractivity contribution is -0.123. The summed E-state index contributed by atoms with van der Waals surface area (Å²) >= 11 is 0. The van der Waals surface area contributed by atoms with Crippen molar-refractivity contribution in [2.75, 3.05) is 27.1 Å². The van der Waals surface area contributed by atoms with Crippen LogP contribution in [0.4, 0.5) is 0 Å². The Morgan fingerprint density at radius 3 is 2.86 bits per heavy atom. The minimum Gasteiger partial charge on any atom is -0.497 e. The van der Waals surface area contributed by atoms with Crippen molar-refractivity contribution in [3.63, 3.8) is 0 Å². The van der Waals surface area contributed by atoms with E-state index in [1.165, 1.54) is 0 Å². The van der Waals surface area contributed by atoms with Gasteiger partial charge in [0.15, 0.2) is 18.1 Å². The molecule has 0 fully saturated rings. The van der Waals surface area contributed by atoms with Crippen LogP contribution in [-0.2, 0) is 11.2 Å². The van der Waals surface area contributed by atoms with Crippen molar-refractivity contribution in [2.24, 2.45) is 0 Å². The highest BCUT2D eigenvalue weighted by atomic mass is 16.7. The Morgan fingerprint density at radius 2 is 2.00 bits per heavy atom. The number of aromatic nitrogens is 1. The summed E-state index contributed by atoms with van der Waals surface area (Å²) in [6.45, 7) is 2.58. The number of nitrogens with zero attached hydrogens (tertiary/aromatic N) is 1. The highest BCUT2D eigenvalue weighted by Crippen LogP contribution is 2.32. The number of fused-ring (bicyclic) bond motifs is 2. The highest BCUT2D eigenvalue weighted by Gasteiger charge is 2.13. The van der Waals surface area contributed by atoms with Gasteiger partial charge in [-0.2, -0.15) is 0 Å². The molecule has 4 rings (SSSR count). The number of methoxy groups -OCH3 is 1. The fourth-order valence-electron chi connectivity index (χ4n) is 3.18. The normalized spacial score (nSPS) is 12.1. The number of rotatable bonds is 7. The molecule has 1 aliphatic heterocycles. The smallest absolute Gasteiger partial charge is 0.257 e. The average Bonchev–Trinajstić information content (AvgIpc) is 3.19. The molecule has 0 radical (unpaired) electrons. The van der Waals surface area contributed by atoms with E-state index in [1.54, 1.807) is 7.11 Å². The van der Waals surface area contributed by atoms with Crippen LogP contribution in [0.15, 0.2) is 42.5 Å². The molecule has 150 valence electrons. The van der Waals surface area contributed by atoms with Gasteiger partial charge in [-0.05, 0) is 49.2 Å². The quantitative estimate of drug-likeness (QED) is 0.664. The summed E-state index contributed by atoms with van der Waals surface area (Å²) in [5, 5.41) is 3.69. The lowest BCUT2D eigenvalue weighted by Crippen LogP contribution is -2.30. The number of benzene rings is 2. The van der Waals surface area contributed by atoms with Crippen molar-refractivity contribution in [1.29, 1.82) is 0 Å².